The molecule has 10 heteroatoms. The van der Waals surface area contributed by atoms with E-state index in [9.17, 15) is 26.3 Å². The van der Waals surface area contributed by atoms with Crippen molar-refractivity contribution in [3.05, 3.63) is 64.8 Å². The third-order valence-electron chi connectivity index (χ3n) is 3.74. The zero-order valence-corrected chi connectivity index (χ0v) is 14.0. The van der Waals surface area contributed by atoms with Crippen molar-refractivity contribution in [2.75, 3.05) is 5.73 Å². The summed E-state index contributed by atoms with van der Waals surface area (Å²) in [5.74, 6) is -0.441. The fraction of sp³-hybridized carbons (Fsp3) is 0.118. The molecule has 3 nitrogen and oxygen atoms in total. The molecule has 0 aliphatic rings. The van der Waals surface area contributed by atoms with Crippen molar-refractivity contribution in [1.82, 2.24) is 9.78 Å². The van der Waals surface area contributed by atoms with Crippen molar-refractivity contribution in [2.24, 2.45) is 0 Å². The van der Waals surface area contributed by atoms with E-state index in [0.29, 0.717) is 15.8 Å². The Morgan fingerprint density at radius 2 is 1.52 bits per heavy atom. The van der Waals surface area contributed by atoms with Gasteiger partial charge in [0.25, 0.3) is 0 Å². The fourth-order valence-corrected chi connectivity index (χ4v) is 2.67. The van der Waals surface area contributed by atoms with Crippen molar-refractivity contribution < 1.29 is 26.3 Å². The van der Waals surface area contributed by atoms with Gasteiger partial charge in [-0.2, -0.15) is 31.4 Å². The summed E-state index contributed by atoms with van der Waals surface area (Å²) < 4.78 is 79.7. The van der Waals surface area contributed by atoms with Crippen LogP contribution in [-0.2, 0) is 12.4 Å². The zero-order chi connectivity index (χ0) is 20.0. The van der Waals surface area contributed by atoms with Gasteiger partial charge in [0.15, 0.2) is 5.69 Å². The molecular formula is C17H10ClF6N3. The Hall–Kier alpha value is -2.68. The number of anilines is 1. The second-order valence-corrected chi connectivity index (χ2v) is 6.01. The maximum atomic E-state index is 13.5. The number of benzene rings is 2. The van der Waals surface area contributed by atoms with Crippen LogP contribution in [0.3, 0.4) is 0 Å². The van der Waals surface area contributed by atoms with Gasteiger partial charge in [-0.3, -0.25) is 0 Å². The maximum Gasteiger partial charge on any atom is 0.435 e. The molecule has 0 spiro atoms. The highest BCUT2D eigenvalue weighted by Crippen LogP contribution is 2.41. The summed E-state index contributed by atoms with van der Waals surface area (Å²) in [6.45, 7) is 0. The molecule has 0 radical (unpaired) electrons. The standard InChI is InChI=1S/C17H10ClF6N3/c18-11-6-4-9(5-7-11)13-14(17(22,23)24)26-27(15(13)25)12-3-1-2-10(8-12)16(19,20)21/h1-8H,25H2. The Bertz CT molecular complexity index is 974. The van der Waals surface area contributed by atoms with Gasteiger partial charge in [-0.05, 0) is 35.9 Å². The molecule has 1 heterocycles. The highest BCUT2D eigenvalue weighted by Gasteiger charge is 2.40. The van der Waals surface area contributed by atoms with Gasteiger partial charge in [0, 0.05) is 5.02 Å². The van der Waals surface area contributed by atoms with E-state index in [2.05, 4.69) is 5.10 Å². The molecule has 0 atom stereocenters. The van der Waals surface area contributed by atoms with Crippen molar-refractivity contribution in [3.63, 3.8) is 0 Å². The van der Waals surface area contributed by atoms with Gasteiger partial charge in [-0.25, -0.2) is 4.68 Å². The van der Waals surface area contributed by atoms with Gasteiger partial charge in [-0.1, -0.05) is 29.8 Å². The van der Waals surface area contributed by atoms with Gasteiger partial charge in [-0.15, -0.1) is 0 Å². The molecular weight excluding hydrogens is 396 g/mol. The molecule has 0 aliphatic heterocycles. The summed E-state index contributed by atoms with van der Waals surface area (Å²) in [5, 5.41) is 3.74. The van der Waals surface area contributed by atoms with E-state index < -0.39 is 35.0 Å². The summed E-state index contributed by atoms with van der Waals surface area (Å²) in [6, 6.07) is 9.11. The van der Waals surface area contributed by atoms with E-state index in [1.807, 2.05) is 0 Å². The third kappa shape index (κ3) is 3.73. The number of nitrogens with zero attached hydrogens (tertiary/aromatic N) is 2. The first-order chi connectivity index (χ1) is 12.5. The first-order valence-corrected chi connectivity index (χ1v) is 7.75. The molecule has 0 aliphatic carbocycles. The minimum Gasteiger partial charge on any atom is -0.383 e. The van der Waals surface area contributed by atoms with Gasteiger partial charge in [0.05, 0.1) is 16.8 Å². The van der Waals surface area contributed by atoms with E-state index in [1.54, 1.807) is 0 Å². The van der Waals surface area contributed by atoms with Crippen LogP contribution in [-0.4, -0.2) is 9.78 Å². The Morgan fingerprint density at radius 1 is 0.889 bits per heavy atom. The van der Waals surface area contributed by atoms with Gasteiger partial charge in [0.2, 0.25) is 0 Å². The van der Waals surface area contributed by atoms with E-state index >= 15 is 0 Å². The average molecular weight is 406 g/mol. The van der Waals surface area contributed by atoms with Crippen molar-refractivity contribution >= 4 is 17.4 Å². The highest BCUT2D eigenvalue weighted by molar-refractivity contribution is 6.30. The Balaban J connectivity index is 2.23. The number of alkyl halides is 6. The Morgan fingerprint density at radius 3 is 2.07 bits per heavy atom. The van der Waals surface area contributed by atoms with Gasteiger partial charge < -0.3 is 5.73 Å². The van der Waals surface area contributed by atoms with E-state index in [4.69, 9.17) is 17.3 Å². The largest absolute Gasteiger partial charge is 0.435 e. The van der Waals surface area contributed by atoms with Crippen LogP contribution in [0, 0.1) is 0 Å². The number of rotatable bonds is 2. The molecule has 0 saturated carbocycles. The topological polar surface area (TPSA) is 43.8 Å². The smallest absolute Gasteiger partial charge is 0.383 e. The van der Waals surface area contributed by atoms with Crippen LogP contribution in [0.25, 0.3) is 16.8 Å². The first kappa shape index (κ1) is 19.1. The number of nitrogen functional groups attached to an aromatic ring is 1. The minimum absolute atomic E-state index is 0.0856. The summed E-state index contributed by atoms with van der Waals surface area (Å²) in [5.41, 5.74) is 2.92. The molecule has 0 saturated heterocycles. The van der Waals surface area contributed by atoms with Gasteiger partial charge >= 0.3 is 12.4 Å². The third-order valence-corrected chi connectivity index (χ3v) is 3.99. The van der Waals surface area contributed by atoms with Crippen LogP contribution in [0.2, 0.25) is 5.02 Å². The molecule has 0 fully saturated rings. The number of hydrogen-bond acceptors (Lipinski definition) is 2. The lowest BCUT2D eigenvalue weighted by Crippen LogP contribution is -2.09. The van der Waals surface area contributed by atoms with Gasteiger partial charge in [0.1, 0.15) is 5.82 Å². The summed E-state index contributed by atoms with van der Waals surface area (Å²) in [6.07, 6.45) is -9.53. The predicted molar refractivity (Wildman–Crippen MR) is 88.4 cm³/mol. The van der Waals surface area contributed by atoms with E-state index in [-0.39, 0.29) is 11.3 Å². The highest BCUT2D eigenvalue weighted by atomic mass is 35.5. The lowest BCUT2D eigenvalue weighted by molar-refractivity contribution is -0.141. The molecule has 0 bridgehead atoms. The first-order valence-electron chi connectivity index (χ1n) is 7.38. The number of halogens is 7. The second-order valence-electron chi connectivity index (χ2n) is 5.57. The summed E-state index contributed by atoms with van der Waals surface area (Å²) in [4.78, 5) is 0. The van der Waals surface area contributed by atoms with Crippen LogP contribution < -0.4 is 5.73 Å². The molecule has 0 unspecified atom stereocenters. The minimum atomic E-state index is -4.87. The molecule has 2 N–H and O–H groups in total. The van der Waals surface area contributed by atoms with Crippen molar-refractivity contribution in [1.29, 1.82) is 0 Å². The Kier molecular flexibility index (Phi) is 4.59. The van der Waals surface area contributed by atoms with Crippen LogP contribution in [0.1, 0.15) is 11.3 Å². The number of hydrogen-bond donors (Lipinski definition) is 1. The van der Waals surface area contributed by atoms with Crippen LogP contribution in [0.4, 0.5) is 32.2 Å². The monoisotopic (exact) mass is 405 g/mol. The van der Waals surface area contributed by atoms with E-state index in [0.717, 1.165) is 12.1 Å². The summed E-state index contributed by atoms with van der Waals surface area (Å²) >= 11 is 5.75. The molecule has 142 valence electrons. The average Bonchev–Trinajstić information content (AvgIpc) is 2.93. The summed E-state index contributed by atoms with van der Waals surface area (Å²) in [7, 11) is 0. The zero-order valence-electron chi connectivity index (χ0n) is 13.2. The molecule has 27 heavy (non-hydrogen) atoms. The van der Waals surface area contributed by atoms with Crippen LogP contribution in [0.15, 0.2) is 48.5 Å². The number of nitrogens with two attached hydrogens (primary N) is 1. The Labute approximate surface area is 154 Å². The molecule has 3 aromatic rings. The maximum absolute atomic E-state index is 13.5. The molecule has 2 aromatic carbocycles. The van der Waals surface area contributed by atoms with Crippen LogP contribution in [0.5, 0.6) is 0 Å². The lowest BCUT2D eigenvalue weighted by atomic mass is 10.1. The quantitative estimate of drug-likeness (QED) is 0.546. The van der Waals surface area contributed by atoms with Crippen molar-refractivity contribution in [2.45, 2.75) is 12.4 Å². The SMILES string of the molecule is Nc1c(-c2ccc(Cl)cc2)c(C(F)(F)F)nn1-c1cccc(C(F)(F)F)c1. The number of aromatic nitrogens is 2. The lowest BCUT2D eigenvalue weighted by Gasteiger charge is -2.10. The van der Waals surface area contributed by atoms with E-state index in [1.165, 1.54) is 30.3 Å². The normalized spacial score (nSPS) is 12.4. The predicted octanol–water partition coefficient (Wildman–Crippen LogP) is 5.81. The molecule has 3 rings (SSSR count). The molecule has 1 aromatic heterocycles. The fourth-order valence-electron chi connectivity index (χ4n) is 2.54. The second kappa shape index (κ2) is 6.49. The van der Waals surface area contributed by atoms with Crippen LogP contribution >= 0.6 is 11.6 Å². The molecule has 0 amide bonds. The van der Waals surface area contributed by atoms with Crippen molar-refractivity contribution in [3.8, 4) is 16.8 Å².